The molecule has 0 amide bonds. The first-order chi connectivity index (χ1) is 13.7. The predicted octanol–water partition coefficient (Wildman–Crippen LogP) is 3.85. The van der Waals surface area contributed by atoms with Gasteiger partial charge in [-0.2, -0.15) is 0 Å². The Hall–Kier alpha value is -3.15. The van der Waals surface area contributed by atoms with Gasteiger partial charge < -0.3 is 24.3 Å². The van der Waals surface area contributed by atoms with E-state index in [1.165, 1.54) is 5.56 Å². The van der Waals surface area contributed by atoms with Gasteiger partial charge in [0.2, 0.25) is 6.79 Å². The van der Waals surface area contributed by atoms with Crippen molar-refractivity contribution in [3.8, 4) is 23.0 Å². The standard InChI is InChI=1S/C22H22N2O4/c1-12-14-6-7-23-21(14)20-15(17(25-2)10-19(26-3)22(20)24-12)8-13-4-5-16-18(9-13)28-11-27-16/h4-5,9-10,23H,6-8,11H2,1-3H3. The van der Waals surface area contributed by atoms with Crippen molar-refractivity contribution in [3.05, 3.63) is 46.6 Å². The van der Waals surface area contributed by atoms with Crippen LogP contribution in [0.1, 0.15) is 22.4 Å². The average molecular weight is 378 g/mol. The van der Waals surface area contributed by atoms with E-state index in [2.05, 4.69) is 18.3 Å². The molecule has 144 valence electrons. The molecule has 3 aromatic rings. The lowest BCUT2D eigenvalue weighted by molar-refractivity contribution is 0.174. The molecule has 2 aliphatic heterocycles. The number of rotatable bonds is 4. The summed E-state index contributed by atoms with van der Waals surface area (Å²) < 4.78 is 22.4. The van der Waals surface area contributed by atoms with Crippen LogP contribution in [0.2, 0.25) is 0 Å². The molecule has 0 spiro atoms. The van der Waals surface area contributed by atoms with Crippen LogP contribution in [0.5, 0.6) is 23.0 Å². The minimum Gasteiger partial charge on any atom is -0.496 e. The molecular weight excluding hydrogens is 356 g/mol. The number of hydrogen-bond acceptors (Lipinski definition) is 6. The highest BCUT2D eigenvalue weighted by Gasteiger charge is 2.25. The zero-order chi connectivity index (χ0) is 19.3. The summed E-state index contributed by atoms with van der Waals surface area (Å²) in [6, 6.07) is 7.99. The Labute approximate surface area is 163 Å². The maximum absolute atomic E-state index is 5.76. The number of benzene rings is 2. The molecule has 28 heavy (non-hydrogen) atoms. The molecule has 0 fully saturated rings. The van der Waals surface area contributed by atoms with E-state index in [4.69, 9.17) is 23.9 Å². The maximum atomic E-state index is 5.76. The molecular formula is C22H22N2O4. The number of fused-ring (bicyclic) bond motifs is 4. The lowest BCUT2D eigenvalue weighted by Gasteiger charge is -2.18. The highest BCUT2D eigenvalue weighted by atomic mass is 16.7. The highest BCUT2D eigenvalue weighted by Crippen LogP contribution is 2.44. The first-order valence-electron chi connectivity index (χ1n) is 9.39. The van der Waals surface area contributed by atoms with E-state index in [0.717, 1.165) is 69.4 Å². The molecule has 0 bridgehead atoms. The second-order valence-corrected chi connectivity index (χ2v) is 7.08. The van der Waals surface area contributed by atoms with Crippen molar-refractivity contribution < 1.29 is 18.9 Å². The van der Waals surface area contributed by atoms with Crippen LogP contribution in [0.15, 0.2) is 24.3 Å². The zero-order valence-corrected chi connectivity index (χ0v) is 16.2. The molecule has 6 nitrogen and oxygen atoms in total. The van der Waals surface area contributed by atoms with Gasteiger partial charge in [-0.15, -0.1) is 0 Å². The Kier molecular flexibility index (Phi) is 3.93. The molecule has 0 saturated heterocycles. The topological polar surface area (TPSA) is 61.8 Å². The molecule has 0 radical (unpaired) electrons. The van der Waals surface area contributed by atoms with Gasteiger partial charge in [-0.05, 0) is 36.6 Å². The normalized spacial score (nSPS) is 14.1. The number of nitrogens with one attached hydrogen (secondary N) is 1. The van der Waals surface area contributed by atoms with Crippen molar-refractivity contribution in [1.82, 2.24) is 4.98 Å². The number of aromatic nitrogens is 1. The third kappa shape index (κ3) is 2.52. The van der Waals surface area contributed by atoms with Gasteiger partial charge in [-0.3, -0.25) is 0 Å². The minimum atomic E-state index is 0.272. The third-order valence-electron chi connectivity index (χ3n) is 5.53. The van der Waals surface area contributed by atoms with Gasteiger partial charge in [-0.1, -0.05) is 6.07 Å². The Morgan fingerprint density at radius 2 is 1.89 bits per heavy atom. The average Bonchev–Trinajstić information content (AvgIpc) is 3.37. The molecule has 6 heteroatoms. The number of methoxy groups -OCH3 is 2. The highest BCUT2D eigenvalue weighted by molar-refractivity contribution is 6.01. The van der Waals surface area contributed by atoms with Crippen LogP contribution in [-0.2, 0) is 12.8 Å². The monoisotopic (exact) mass is 378 g/mol. The zero-order valence-electron chi connectivity index (χ0n) is 16.2. The van der Waals surface area contributed by atoms with Gasteiger partial charge in [0.25, 0.3) is 0 Å². The van der Waals surface area contributed by atoms with E-state index >= 15 is 0 Å². The van der Waals surface area contributed by atoms with Gasteiger partial charge >= 0.3 is 0 Å². The lowest BCUT2D eigenvalue weighted by atomic mass is 9.95. The second kappa shape index (κ2) is 6.48. The summed E-state index contributed by atoms with van der Waals surface area (Å²) in [6.07, 6.45) is 1.67. The predicted molar refractivity (Wildman–Crippen MR) is 107 cm³/mol. The van der Waals surface area contributed by atoms with Crippen LogP contribution in [-0.4, -0.2) is 32.5 Å². The third-order valence-corrected chi connectivity index (χ3v) is 5.53. The van der Waals surface area contributed by atoms with Crippen LogP contribution in [0.3, 0.4) is 0 Å². The van der Waals surface area contributed by atoms with E-state index in [1.54, 1.807) is 14.2 Å². The number of pyridine rings is 1. The Bertz CT molecular complexity index is 1090. The quantitative estimate of drug-likeness (QED) is 0.744. The van der Waals surface area contributed by atoms with Crippen molar-refractivity contribution in [2.75, 3.05) is 32.9 Å². The fraction of sp³-hybridized carbons (Fsp3) is 0.318. The molecule has 1 N–H and O–H groups in total. The van der Waals surface area contributed by atoms with Gasteiger partial charge in [-0.25, -0.2) is 4.98 Å². The van der Waals surface area contributed by atoms with Gasteiger partial charge in [0.1, 0.15) is 17.0 Å². The summed E-state index contributed by atoms with van der Waals surface area (Å²) in [5, 5.41) is 4.63. The van der Waals surface area contributed by atoms with Crippen LogP contribution in [0.25, 0.3) is 10.9 Å². The number of aryl methyl sites for hydroxylation is 1. The second-order valence-electron chi connectivity index (χ2n) is 7.08. The van der Waals surface area contributed by atoms with Crippen molar-refractivity contribution in [2.45, 2.75) is 19.8 Å². The fourth-order valence-electron chi connectivity index (χ4n) is 4.19. The summed E-state index contributed by atoms with van der Waals surface area (Å²) >= 11 is 0. The molecule has 2 aliphatic rings. The molecule has 0 aliphatic carbocycles. The Balaban J connectivity index is 1.74. The SMILES string of the molecule is COc1cc(OC)c2nc(C)c3c(c2c1Cc1ccc2c(c1)OCO2)NCC3. The Morgan fingerprint density at radius 1 is 1.07 bits per heavy atom. The largest absolute Gasteiger partial charge is 0.496 e. The lowest BCUT2D eigenvalue weighted by Crippen LogP contribution is -2.03. The number of nitrogens with zero attached hydrogens (tertiary/aromatic N) is 1. The molecule has 2 aromatic carbocycles. The Morgan fingerprint density at radius 3 is 2.71 bits per heavy atom. The van der Waals surface area contributed by atoms with Crippen molar-refractivity contribution in [2.24, 2.45) is 0 Å². The number of ether oxygens (including phenoxy) is 4. The number of anilines is 1. The first-order valence-corrected chi connectivity index (χ1v) is 9.39. The van der Waals surface area contributed by atoms with E-state index < -0.39 is 0 Å². The van der Waals surface area contributed by atoms with Crippen LogP contribution >= 0.6 is 0 Å². The summed E-state index contributed by atoms with van der Waals surface area (Å²) in [4.78, 5) is 4.89. The molecule has 5 rings (SSSR count). The van der Waals surface area contributed by atoms with Crippen molar-refractivity contribution >= 4 is 16.6 Å². The molecule has 0 unspecified atom stereocenters. The molecule has 3 heterocycles. The van der Waals surface area contributed by atoms with Crippen LogP contribution in [0.4, 0.5) is 5.69 Å². The first kappa shape index (κ1) is 17.0. The van der Waals surface area contributed by atoms with Crippen molar-refractivity contribution in [1.29, 1.82) is 0 Å². The maximum Gasteiger partial charge on any atom is 0.231 e. The summed E-state index contributed by atoms with van der Waals surface area (Å²) in [7, 11) is 3.36. The molecule has 1 aromatic heterocycles. The van der Waals surface area contributed by atoms with Gasteiger partial charge in [0, 0.05) is 41.4 Å². The summed E-state index contributed by atoms with van der Waals surface area (Å²) in [6.45, 7) is 3.25. The number of hydrogen-bond donors (Lipinski definition) is 1. The van der Waals surface area contributed by atoms with E-state index in [-0.39, 0.29) is 6.79 Å². The van der Waals surface area contributed by atoms with Crippen LogP contribution in [0, 0.1) is 6.92 Å². The van der Waals surface area contributed by atoms with Crippen LogP contribution < -0.4 is 24.3 Å². The van der Waals surface area contributed by atoms with E-state index in [0.29, 0.717) is 6.42 Å². The van der Waals surface area contributed by atoms with E-state index in [9.17, 15) is 0 Å². The van der Waals surface area contributed by atoms with Gasteiger partial charge in [0.15, 0.2) is 11.5 Å². The minimum absolute atomic E-state index is 0.272. The van der Waals surface area contributed by atoms with Crippen molar-refractivity contribution in [3.63, 3.8) is 0 Å². The fourth-order valence-corrected chi connectivity index (χ4v) is 4.19. The molecule has 0 saturated carbocycles. The van der Waals surface area contributed by atoms with E-state index in [1.807, 2.05) is 18.2 Å². The smallest absolute Gasteiger partial charge is 0.231 e. The molecule has 0 atom stereocenters. The summed E-state index contributed by atoms with van der Waals surface area (Å²) in [5.74, 6) is 3.09. The summed E-state index contributed by atoms with van der Waals surface area (Å²) in [5.41, 5.74) is 6.55. The van der Waals surface area contributed by atoms with Gasteiger partial charge in [0.05, 0.1) is 14.2 Å².